The Kier molecular flexibility index (Phi) is 4.15. The molecular weight excluding hydrogens is 293 g/mol. The Labute approximate surface area is 123 Å². The third-order valence-electron chi connectivity index (χ3n) is 3.04. The van der Waals surface area contributed by atoms with Gasteiger partial charge in [-0.05, 0) is 49.4 Å². The van der Waals surface area contributed by atoms with Crippen LogP contribution in [0.5, 0.6) is 0 Å². The topological polar surface area (TPSA) is 89.4 Å². The lowest BCUT2D eigenvalue weighted by Gasteiger charge is -2.25. The van der Waals surface area contributed by atoms with Crippen LogP contribution in [0.4, 0.5) is 21.5 Å². The van der Waals surface area contributed by atoms with Crippen LogP contribution < -0.4 is 15.8 Å². The van der Waals surface area contributed by atoms with Crippen LogP contribution in [0.25, 0.3) is 0 Å². The van der Waals surface area contributed by atoms with Crippen molar-refractivity contribution in [3.8, 4) is 0 Å². The quantitative estimate of drug-likeness (QED) is 0.847. The van der Waals surface area contributed by atoms with Crippen LogP contribution in [0.1, 0.15) is 6.92 Å². The number of hydrogen-bond acceptors (Lipinski definition) is 4. The van der Waals surface area contributed by atoms with Crippen molar-refractivity contribution in [3.05, 3.63) is 48.3 Å². The third-order valence-corrected chi connectivity index (χ3v) is 3.98. The predicted octanol–water partition coefficient (Wildman–Crippen LogP) is 2.21. The average molecular weight is 309 g/mol. The van der Waals surface area contributed by atoms with E-state index in [9.17, 15) is 12.8 Å². The lowest BCUT2D eigenvalue weighted by atomic mass is 10.2. The molecule has 2 aromatic rings. The summed E-state index contributed by atoms with van der Waals surface area (Å²) in [6, 6.07) is 10.3. The number of rotatable bonds is 4. The van der Waals surface area contributed by atoms with Gasteiger partial charge in [0, 0.05) is 17.9 Å². The molecule has 0 bridgehead atoms. The van der Waals surface area contributed by atoms with Gasteiger partial charge >= 0.3 is 0 Å². The molecule has 0 saturated carbocycles. The van der Waals surface area contributed by atoms with Crippen LogP contribution in [0.15, 0.2) is 47.4 Å². The molecule has 5 nitrogen and oxygen atoms in total. The Morgan fingerprint density at radius 1 is 1.14 bits per heavy atom. The van der Waals surface area contributed by atoms with Crippen LogP contribution in [0.3, 0.4) is 0 Å². The molecule has 112 valence electrons. The van der Waals surface area contributed by atoms with Crippen molar-refractivity contribution in [2.45, 2.75) is 11.8 Å². The van der Waals surface area contributed by atoms with E-state index in [1.807, 2.05) is 6.92 Å². The van der Waals surface area contributed by atoms with Crippen LogP contribution in [0.2, 0.25) is 0 Å². The summed E-state index contributed by atoms with van der Waals surface area (Å²) in [7, 11) is -3.92. The fourth-order valence-electron chi connectivity index (χ4n) is 2.09. The Morgan fingerprint density at radius 2 is 1.76 bits per heavy atom. The van der Waals surface area contributed by atoms with E-state index in [4.69, 9.17) is 10.9 Å². The summed E-state index contributed by atoms with van der Waals surface area (Å²) in [4.78, 5) is 1.66. The standard InChI is InChI=1S/C14H16FN3O2S/c1-2-18(12-6-3-10(15)4-7-12)13-8-5-11(16)9-14(13)21(17,19)20/h3-9H,2,16H2,1H3,(H2,17,19,20). The molecule has 0 fully saturated rings. The van der Waals surface area contributed by atoms with E-state index in [-0.39, 0.29) is 10.7 Å². The first-order chi connectivity index (χ1) is 9.82. The summed E-state index contributed by atoms with van der Waals surface area (Å²) in [6.07, 6.45) is 0. The second-order valence-electron chi connectivity index (χ2n) is 4.49. The number of anilines is 3. The number of nitrogens with two attached hydrogens (primary N) is 2. The minimum atomic E-state index is -3.92. The molecule has 0 spiro atoms. The van der Waals surface area contributed by atoms with E-state index in [1.165, 1.54) is 18.2 Å². The Bertz CT molecular complexity index is 745. The summed E-state index contributed by atoms with van der Waals surface area (Å²) in [5.74, 6) is -0.362. The zero-order valence-electron chi connectivity index (χ0n) is 11.5. The zero-order valence-corrected chi connectivity index (χ0v) is 12.3. The second kappa shape index (κ2) is 5.71. The highest BCUT2D eigenvalue weighted by molar-refractivity contribution is 7.89. The van der Waals surface area contributed by atoms with E-state index in [0.29, 0.717) is 23.6 Å². The van der Waals surface area contributed by atoms with E-state index in [0.717, 1.165) is 0 Å². The van der Waals surface area contributed by atoms with Gasteiger partial charge in [-0.3, -0.25) is 0 Å². The largest absolute Gasteiger partial charge is 0.399 e. The van der Waals surface area contributed by atoms with Gasteiger partial charge in [-0.2, -0.15) is 0 Å². The normalized spacial score (nSPS) is 11.4. The average Bonchev–Trinajstić information content (AvgIpc) is 2.42. The molecule has 0 amide bonds. The molecule has 0 aliphatic heterocycles. The number of sulfonamides is 1. The third kappa shape index (κ3) is 3.32. The van der Waals surface area contributed by atoms with Crippen molar-refractivity contribution in [1.82, 2.24) is 0 Å². The molecule has 2 aromatic carbocycles. The summed E-state index contributed by atoms with van der Waals surface area (Å²) >= 11 is 0. The van der Waals surface area contributed by atoms with Gasteiger partial charge in [-0.1, -0.05) is 0 Å². The maximum atomic E-state index is 13.0. The molecule has 0 aliphatic carbocycles. The summed E-state index contributed by atoms with van der Waals surface area (Å²) in [5.41, 5.74) is 7.00. The van der Waals surface area contributed by atoms with Gasteiger partial charge in [0.1, 0.15) is 10.7 Å². The van der Waals surface area contributed by atoms with Crippen LogP contribution in [0, 0.1) is 5.82 Å². The highest BCUT2D eigenvalue weighted by Crippen LogP contribution is 2.32. The molecule has 0 unspecified atom stereocenters. The highest BCUT2D eigenvalue weighted by atomic mass is 32.2. The maximum absolute atomic E-state index is 13.0. The number of nitrogens with zero attached hydrogens (tertiary/aromatic N) is 1. The number of halogens is 1. The highest BCUT2D eigenvalue weighted by Gasteiger charge is 2.19. The van der Waals surface area contributed by atoms with Gasteiger partial charge in [0.15, 0.2) is 0 Å². The van der Waals surface area contributed by atoms with Crippen LogP contribution in [-0.4, -0.2) is 15.0 Å². The van der Waals surface area contributed by atoms with Crippen molar-refractivity contribution in [2.24, 2.45) is 5.14 Å². The Morgan fingerprint density at radius 3 is 2.29 bits per heavy atom. The van der Waals surface area contributed by atoms with Crippen molar-refractivity contribution < 1.29 is 12.8 Å². The lowest BCUT2D eigenvalue weighted by molar-refractivity contribution is 0.597. The number of benzene rings is 2. The summed E-state index contributed by atoms with van der Waals surface area (Å²) in [6.45, 7) is 2.34. The number of nitrogen functional groups attached to an aromatic ring is 1. The minimum absolute atomic E-state index is 0.0614. The van der Waals surface area contributed by atoms with Gasteiger partial charge in [0.2, 0.25) is 10.0 Å². The van der Waals surface area contributed by atoms with Crippen molar-refractivity contribution in [1.29, 1.82) is 0 Å². The SMILES string of the molecule is CCN(c1ccc(F)cc1)c1ccc(N)cc1S(N)(=O)=O. The van der Waals surface area contributed by atoms with Gasteiger partial charge < -0.3 is 10.6 Å². The fourth-order valence-corrected chi connectivity index (χ4v) is 2.86. The molecule has 7 heteroatoms. The second-order valence-corrected chi connectivity index (χ2v) is 6.02. The lowest BCUT2D eigenvalue weighted by Crippen LogP contribution is -2.22. The first kappa shape index (κ1) is 15.3. The van der Waals surface area contributed by atoms with Gasteiger partial charge in [-0.25, -0.2) is 17.9 Å². The molecule has 0 saturated heterocycles. The minimum Gasteiger partial charge on any atom is -0.399 e. The Hall–Kier alpha value is -2.12. The van der Waals surface area contributed by atoms with Gasteiger partial charge in [-0.15, -0.1) is 0 Å². The van der Waals surface area contributed by atoms with Crippen molar-refractivity contribution >= 4 is 27.1 Å². The zero-order chi connectivity index (χ0) is 15.6. The van der Waals surface area contributed by atoms with Crippen molar-refractivity contribution in [2.75, 3.05) is 17.2 Å². The number of primary sulfonamides is 1. The molecule has 0 atom stereocenters. The molecular formula is C14H16FN3O2S. The summed E-state index contributed by atoms with van der Waals surface area (Å²) < 4.78 is 36.5. The van der Waals surface area contributed by atoms with E-state index in [2.05, 4.69) is 0 Å². The van der Waals surface area contributed by atoms with Gasteiger partial charge in [0.25, 0.3) is 0 Å². The van der Waals surface area contributed by atoms with E-state index in [1.54, 1.807) is 29.2 Å². The van der Waals surface area contributed by atoms with Gasteiger partial charge in [0.05, 0.1) is 5.69 Å². The molecule has 0 radical (unpaired) electrons. The van der Waals surface area contributed by atoms with Crippen LogP contribution in [-0.2, 0) is 10.0 Å². The molecule has 0 heterocycles. The first-order valence-electron chi connectivity index (χ1n) is 6.28. The predicted molar refractivity (Wildman–Crippen MR) is 81.3 cm³/mol. The van der Waals surface area contributed by atoms with Crippen LogP contribution >= 0.6 is 0 Å². The monoisotopic (exact) mass is 309 g/mol. The maximum Gasteiger partial charge on any atom is 0.240 e. The number of hydrogen-bond donors (Lipinski definition) is 2. The molecule has 4 N–H and O–H groups in total. The molecule has 2 rings (SSSR count). The van der Waals surface area contributed by atoms with E-state index >= 15 is 0 Å². The molecule has 0 aliphatic rings. The molecule has 21 heavy (non-hydrogen) atoms. The van der Waals surface area contributed by atoms with E-state index < -0.39 is 10.0 Å². The fraction of sp³-hybridized carbons (Fsp3) is 0.143. The van der Waals surface area contributed by atoms with Crippen molar-refractivity contribution in [3.63, 3.8) is 0 Å². The Balaban J connectivity index is 2.60. The molecule has 0 aromatic heterocycles. The summed E-state index contributed by atoms with van der Waals surface area (Å²) in [5, 5.41) is 5.25. The first-order valence-corrected chi connectivity index (χ1v) is 7.83. The smallest absolute Gasteiger partial charge is 0.240 e.